The topological polar surface area (TPSA) is 113 Å². The van der Waals surface area contributed by atoms with Crippen LogP contribution < -0.4 is 20.2 Å². The Balaban J connectivity index is 1.54. The first kappa shape index (κ1) is 16.0. The summed E-state index contributed by atoms with van der Waals surface area (Å²) in [6.45, 7) is 0.169. The van der Waals surface area contributed by atoms with E-state index < -0.39 is 11.8 Å². The minimum absolute atomic E-state index is 0.169. The lowest BCUT2D eigenvalue weighted by Crippen LogP contribution is -2.32. The number of carbonyl (C=O) groups is 2. The molecule has 124 valence electrons. The number of rotatable bonds is 3. The van der Waals surface area contributed by atoms with Gasteiger partial charge in [0.15, 0.2) is 11.5 Å². The molecule has 0 spiro atoms. The second kappa shape index (κ2) is 7.14. The molecule has 2 aromatic carbocycles. The lowest BCUT2D eigenvalue weighted by atomic mass is 10.2. The average molecular weight is 336 g/mol. The van der Waals surface area contributed by atoms with E-state index >= 15 is 0 Å². The molecule has 8 nitrogen and oxygen atoms in total. The monoisotopic (exact) mass is 336 g/mol. The molecule has 8 heteroatoms. The molecule has 0 saturated carbocycles. The molecule has 1 heterocycles. The number of fused-ring (bicyclic) bond motifs is 1. The van der Waals surface area contributed by atoms with E-state index in [9.17, 15) is 9.59 Å². The Hall–Kier alpha value is -3.86. The largest absolute Gasteiger partial charge is 0.454 e. The zero-order valence-corrected chi connectivity index (χ0v) is 12.9. The number of anilines is 1. The number of carbonyl (C=O) groups excluding carboxylic acids is 2. The van der Waals surface area contributed by atoms with Crippen LogP contribution in [0.5, 0.6) is 11.5 Å². The van der Waals surface area contributed by atoms with Gasteiger partial charge in [-0.25, -0.2) is 5.43 Å². The summed E-state index contributed by atoms with van der Waals surface area (Å²) in [5.74, 6) is -0.550. The minimum Gasteiger partial charge on any atom is -0.454 e. The molecule has 2 aromatic rings. The highest BCUT2D eigenvalue weighted by Crippen LogP contribution is 2.31. The van der Waals surface area contributed by atoms with Gasteiger partial charge < -0.3 is 14.8 Å². The van der Waals surface area contributed by atoms with Crippen molar-refractivity contribution in [2.45, 2.75) is 0 Å². The third kappa shape index (κ3) is 3.92. The van der Waals surface area contributed by atoms with Gasteiger partial charge in [-0.1, -0.05) is 0 Å². The molecule has 2 N–H and O–H groups in total. The summed E-state index contributed by atoms with van der Waals surface area (Å²) in [7, 11) is 0. The van der Waals surface area contributed by atoms with Crippen molar-refractivity contribution in [2.75, 3.05) is 12.1 Å². The average Bonchev–Trinajstić information content (AvgIpc) is 3.10. The first-order chi connectivity index (χ1) is 12.2. The van der Waals surface area contributed by atoms with Crippen LogP contribution in [0.1, 0.15) is 11.1 Å². The van der Waals surface area contributed by atoms with Crippen molar-refractivity contribution < 1.29 is 19.1 Å². The smallest absolute Gasteiger partial charge is 0.329 e. The van der Waals surface area contributed by atoms with E-state index in [0.29, 0.717) is 28.3 Å². The second-order valence-corrected chi connectivity index (χ2v) is 4.96. The first-order valence-corrected chi connectivity index (χ1v) is 7.20. The predicted molar refractivity (Wildman–Crippen MR) is 88.1 cm³/mol. The number of nitriles is 1. The fraction of sp³-hybridized carbons (Fsp3) is 0.0588. The highest BCUT2D eigenvalue weighted by molar-refractivity contribution is 6.39. The van der Waals surface area contributed by atoms with Crippen LogP contribution in [0.15, 0.2) is 47.6 Å². The summed E-state index contributed by atoms with van der Waals surface area (Å²) >= 11 is 0. The van der Waals surface area contributed by atoms with Crippen LogP contribution in [-0.2, 0) is 9.59 Å². The van der Waals surface area contributed by atoms with E-state index in [4.69, 9.17) is 14.7 Å². The van der Waals surface area contributed by atoms with E-state index in [2.05, 4.69) is 15.8 Å². The van der Waals surface area contributed by atoms with E-state index in [1.54, 1.807) is 18.2 Å². The molecule has 3 rings (SSSR count). The van der Waals surface area contributed by atoms with Crippen LogP contribution in [0.4, 0.5) is 5.69 Å². The van der Waals surface area contributed by atoms with E-state index in [1.807, 2.05) is 6.07 Å². The Morgan fingerprint density at radius 1 is 1.08 bits per heavy atom. The predicted octanol–water partition coefficient (Wildman–Crippen LogP) is 1.38. The van der Waals surface area contributed by atoms with E-state index in [1.165, 1.54) is 30.5 Å². The number of amides is 2. The third-order valence-corrected chi connectivity index (χ3v) is 3.25. The van der Waals surface area contributed by atoms with Gasteiger partial charge in [-0.05, 0) is 48.0 Å². The molecule has 0 radical (unpaired) electrons. The number of nitrogens with zero attached hydrogens (tertiary/aromatic N) is 2. The standard InChI is InChI=1S/C17H12N4O4/c18-8-11-1-4-13(5-2-11)20-16(22)17(23)21-19-9-12-3-6-14-15(7-12)25-10-24-14/h1-7,9H,10H2,(H,20,22)(H,21,23)/b19-9+. The number of benzene rings is 2. The second-order valence-electron chi connectivity index (χ2n) is 4.96. The summed E-state index contributed by atoms with van der Waals surface area (Å²) in [5, 5.41) is 14.8. The molecule has 2 amide bonds. The maximum absolute atomic E-state index is 11.8. The van der Waals surface area contributed by atoms with Crippen molar-refractivity contribution in [3.05, 3.63) is 53.6 Å². The van der Waals surface area contributed by atoms with Crippen molar-refractivity contribution in [1.29, 1.82) is 5.26 Å². The molecule has 0 bridgehead atoms. The number of nitrogens with one attached hydrogen (secondary N) is 2. The molecule has 0 unspecified atom stereocenters. The van der Waals surface area contributed by atoms with Crippen molar-refractivity contribution in [1.82, 2.24) is 5.43 Å². The quantitative estimate of drug-likeness (QED) is 0.499. The van der Waals surface area contributed by atoms with Gasteiger partial charge in [0.2, 0.25) is 6.79 Å². The van der Waals surface area contributed by atoms with Crippen LogP contribution in [0, 0.1) is 11.3 Å². The van der Waals surface area contributed by atoms with Crippen LogP contribution in [0.2, 0.25) is 0 Å². The maximum atomic E-state index is 11.8. The molecule has 0 fully saturated rings. The van der Waals surface area contributed by atoms with Gasteiger partial charge in [-0.2, -0.15) is 10.4 Å². The molecule has 1 aliphatic heterocycles. The highest BCUT2D eigenvalue weighted by atomic mass is 16.7. The number of hydrazone groups is 1. The molecular formula is C17H12N4O4. The molecule has 0 saturated heterocycles. The lowest BCUT2D eigenvalue weighted by molar-refractivity contribution is -0.136. The van der Waals surface area contributed by atoms with Crippen molar-refractivity contribution in [2.24, 2.45) is 5.10 Å². The minimum atomic E-state index is -0.915. The van der Waals surface area contributed by atoms with E-state index in [0.717, 1.165) is 0 Å². The van der Waals surface area contributed by atoms with Gasteiger partial charge in [0.05, 0.1) is 17.8 Å². The van der Waals surface area contributed by atoms with Gasteiger partial charge in [0, 0.05) is 5.69 Å². The lowest BCUT2D eigenvalue weighted by Gasteiger charge is -2.03. The Morgan fingerprint density at radius 3 is 2.60 bits per heavy atom. The van der Waals surface area contributed by atoms with Gasteiger partial charge in [0.1, 0.15) is 0 Å². The summed E-state index contributed by atoms with van der Waals surface area (Å²) in [6, 6.07) is 13.2. The SMILES string of the molecule is N#Cc1ccc(NC(=O)C(=O)N/N=C/c2ccc3c(c2)OCO3)cc1. The van der Waals surface area contributed by atoms with Crippen molar-refractivity contribution in [3.8, 4) is 17.6 Å². The fourth-order valence-electron chi connectivity index (χ4n) is 2.03. The first-order valence-electron chi connectivity index (χ1n) is 7.20. The molecule has 0 aromatic heterocycles. The zero-order chi connectivity index (χ0) is 17.6. The van der Waals surface area contributed by atoms with Crippen molar-refractivity contribution >= 4 is 23.7 Å². The molecule has 1 aliphatic rings. The summed E-state index contributed by atoms with van der Waals surface area (Å²) in [5.41, 5.74) is 3.67. The van der Waals surface area contributed by atoms with E-state index in [-0.39, 0.29) is 6.79 Å². The molecular weight excluding hydrogens is 324 g/mol. The van der Waals surface area contributed by atoms with Gasteiger partial charge in [0.25, 0.3) is 0 Å². The Kier molecular flexibility index (Phi) is 4.58. The third-order valence-electron chi connectivity index (χ3n) is 3.25. The molecule has 25 heavy (non-hydrogen) atoms. The Bertz CT molecular complexity index is 885. The number of hydrogen-bond acceptors (Lipinski definition) is 6. The van der Waals surface area contributed by atoms with Gasteiger partial charge in [-0.15, -0.1) is 0 Å². The van der Waals surface area contributed by atoms with Gasteiger partial charge in [-0.3, -0.25) is 9.59 Å². The summed E-state index contributed by atoms with van der Waals surface area (Å²) in [4.78, 5) is 23.5. The molecule has 0 atom stereocenters. The van der Waals surface area contributed by atoms with Crippen LogP contribution >= 0.6 is 0 Å². The summed E-state index contributed by atoms with van der Waals surface area (Å²) in [6.07, 6.45) is 1.38. The maximum Gasteiger partial charge on any atom is 0.329 e. The zero-order valence-electron chi connectivity index (χ0n) is 12.9. The number of ether oxygens (including phenoxy) is 2. The number of hydrogen-bond donors (Lipinski definition) is 2. The van der Waals surface area contributed by atoms with Crippen molar-refractivity contribution in [3.63, 3.8) is 0 Å². The van der Waals surface area contributed by atoms with Crippen LogP contribution in [-0.4, -0.2) is 24.8 Å². The summed E-state index contributed by atoms with van der Waals surface area (Å²) < 4.78 is 10.4. The van der Waals surface area contributed by atoms with Crippen LogP contribution in [0.25, 0.3) is 0 Å². The Morgan fingerprint density at radius 2 is 1.84 bits per heavy atom. The normalized spacial score (nSPS) is 11.8. The van der Waals surface area contributed by atoms with Crippen LogP contribution in [0.3, 0.4) is 0 Å². The fourth-order valence-corrected chi connectivity index (χ4v) is 2.03. The molecule has 0 aliphatic carbocycles. The highest BCUT2D eigenvalue weighted by Gasteiger charge is 2.14. The Labute approximate surface area is 142 Å². The van der Waals surface area contributed by atoms with Gasteiger partial charge >= 0.3 is 11.8 Å².